The summed E-state index contributed by atoms with van der Waals surface area (Å²) in [5.74, 6) is 0.252. The Hall–Kier alpha value is -1.69. The van der Waals surface area contributed by atoms with E-state index in [-0.39, 0.29) is 34.5 Å². The van der Waals surface area contributed by atoms with Crippen LogP contribution >= 0.6 is 0 Å². The van der Waals surface area contributed by atoms with E-state index in [2.05, 4.69) is 15.3 Å². The van der Waals surface area contributed by atoms with Gasteiger partial charge < -0.3 is 16.0 Å². The Kier molecular flexibility index (Phi) is 4.70. The summed E-state index contributed by atoms with van der Waals surface area (Å²) in [6.45, 7) is 7.61. The molecular weight excluding hydrogens is 280 g/mol. The SMILES string of the molecule is Cc1nc(C(C)(C)C)[nH]c(=O)c1C(=O)NC1CCC(N)CC1. The molecule has 122 valence electrons. The first-order chi connectivity index (χ1) is 10.2. The van der Waals surface area contributed by atoms with Gasteiger partial charge in [-0.15, -0.1) is 0 Å². The smallest absolute Gasteiger partial charge is 0.264 e. The van der Waals surface area contributed by atoms with Gasteiger partial charge in [-0.1, -0.05) is 20.8 Å². The van der Waals surface area contributed by atoms with Crippen LogP contribution in [-0.2, 0) is 5.41 Å². The van der Waals surface area contributed by atoms with Crippen molar-refractivity contribution in [3.8, 4) is 0 Å². The number of nitrogens with one attached hydrogen (secondary N) is 2. The average Bonchev–Trinajstić information content (AvgIpc) is 2.39. The quantitative estimate of drug-likeness (QED) is 0.768. The van der Waals surface area contributed by atoms with Gasteiger partial charge in [-0.25, -0.2) is 4.98 Å². The average molecular weight is 306 g/mol. The molecule has 6 heteroatoms. The van der Waals surface area contributed by atoms with E-state index >= 15 is 0 Å². The molecule has 0 aliphatic heterocycles. The summed E-state index contributed by atoms with van der Waals surface area (Å²) in [4.78, 5) is 31.8. The van der Waals surface area contributed by atoms with E-state index in [9.17, 15) is 9.59 Å². The molecule has 0 radical (unpaired) electrons. The van der Waals surface area contributed by atoms with Crippen LogP contribution < -0.4 is 16.6 Å². The van der Waals surface area contributed by atoms with E-state index in [1.165, 1.54) is 0 Å². The predicted molar refractivity (Wildman–Crippen MR) is 86.0 cm³/mol. The number of aromatic amines is 1. The zero-order valence-corrected chi connectivity index (χ0v) is 13.8. The maximum atomic E-state index is 12.4. The van der Waals surface area contributed by atoms with E-state index in [4.69, 9.17) is 5.73 Å². The van der Waals surface area contributed by atoms with Gasteiger partial charge in [0.25, 0.3) is 11.5 Å². The van der Waals surface area contributed by atoms with Gasteiger partial charge in [0.05, 0.1) is 5.69 Å². The van der Waals surface area contributed by atoms with Crippen molar-refractivity contribution in [1.82, 2.24) is 15.3 Å². The maximum absolute atomic E-state index is 12.4. The zero-order chi connectivity index (χ0) is 16.5. The van der Waals surface area contributed by atoms with Crippen molar-refractivity contribution in [1.29, 1.82) is 0 Å². The number of carbonyl (C=O) groups is 1. The maximum Gasteiger partial charge on any atom is 0.264 e. The van der Waals surface area contributed by atoms with E-state index in [0.29, 0.717) is 11.5 Å². The highest BCUT2D eigenvalue weighted by Gasteiger charge is 2.25. The fourth-order valence-electron chi connectivity index (χ4n) is 2.73. The Morgan fingerprint density at radius 2 is 1.86 bits per heavy atom. The van der Waals surface area contributed by atoms with Gasteiger partial charge in [0, 0.05) is 17.5 Å². The minimum Gasteiger partial charge on any atom is -0.349 e. The number of amides is 1. The van der Waals surface area contributed by atoms with Crippen LogP contribution in [0.1, 0.15) is 68.3 Å². The van der Waals surface area contributed by atoms with Crippen LogP contribution in [-0.4, -0.2) is 28.0 Å². The van der Waals surface area contributed by atoms with Crippen molar-refractivity contribution in [3.63, 3.8) is 0 Å². The number of carbonyl (C=O) groups excluding carboxylic acids is 1. The van der Waals surface area contributed by atoms with E-state index in [1.807, 2.05) is 20.8 Å². The Morgan fingerprint density at radius 1 is 1.27 bits per heavy atom. The molecule has 1 saturated carbocycles. The lowest BCUT2D eigenvalue weighted by molar-refractivity contribution is 0.0923. The monoisotopic (exact) mass is 306 g/mol. The molecule has 0 saturated heterocycles. The summed E-state index contributed by atoms with van der Waals surface area (Å²) in [6.07, 6.45) is 3.53. The second-order valence-electron chi connectivity index (χ2n) is 7.21. The lowest BCUT2D eigenvalue weighted by Crippen LogP contribution is -2.42. The van der Waals surface area contributed by atoms with E-state index in [1.54, 1.807) is 6.92 Å². The molecule has 4 N–H and O–H groups in total. The molecule has 1 fully saturated rings. The molecule has 0 atom stereocenters. The van der Waals surface area contributed by atoms with Gasteiger partial charge in [-0.05, 0) is 32.6 Å². The molecule has 1 aliphatic carbocycles. The molecule has 1 amide bonds. The number of nitrogens with zero attached hydrogens (tertiary/aromatic N) is 1. The highest BCUT2D eigenvalue weighted by molar-refractivity contribution is 5.95. The third kappa shape index (κ3) is 3.74. The Balaban J connectivity index is 2.18. The fourth-order valence-corrected chi connectivity index (χ4v) is 2.73. The first-order valence-corrected chi connectivity index (χ1v) is 7.86. The molecule has 1 aliphatic rings. The minimum absolute atomic E-state index is 0.0911. The Morgan fingerprint density at radius 3 is 2.36 bits per heavy atom. The number of nitrogens with two attached hydrogens (primary N) is 1. The van der Waals surface area contributed by atoms with E-state index in [0.717, 1.165) is 25.7 Å². The normalized spacial score (nSPS) is 22.4. The van der Waals surface area contributed by atoms with Crippen LogP contribution in [0.25, 0.3) is 0 Å². The van der Waals surface area contributed by atoms with Crippen molar-refractivity contribution < 1.29 is 4.79 Å². The number of aryl methyl sites for hydroxylation is 1. The summed E-state index contributed by atoms with van der Waals surface area (Å²) in [5.41, 5.74) is 5.81. The van der Waals surface area contributed by atoms with Crippen LogP contribution in [0.2, 0.25) is 0 Å². The Labute approximate surface area is 130 Å². The topological polar surface area (TPSA) is 101 Å². The van der Waals surface area contributed by atoms with Crippen LogP contribution in [0.3, 0.4) is 0 Å². The molecule has 2 rings (SSSR count). The lowest BCUT2D eigenvalue weighted by atomic mass is 9.91. The fraction of sp³-hybridized carbons (Fsp3) is 0.688. The number of H-pyrrole nitrogens is 1. The third-order valence-electron chi connectivity index (χ3n) is 4.14. The molecule has 22 heavy (non-hydrogen) atoms. The summed E-state index contributed by atoms with van der Waals surface area (Å²) in [5, 5.41) is 2.94. The molecule has 0 bridgehead atoms. The van der Waals surface area contributed by atoms with Crippen molar-refractivity contribution in [2.75, 3.05) is 0 Å². The molecule has 0 unspecified atom stereocenters. The number of rotatable bonds is 2. The highest BCUT2D eigenvalue weighted by atomic mass is 16.2. The number of hydrogen-bond acceptors (Lipinski definition) is 4. The molecular formula is C16H26N4O2. The van der Waals surface area contributed by atoms with Crippen LogP contribution in [0, 0.1) is 6.92 Å². The highest BCUT2D eigenvalue weighted by Crippen LogP contribution is 2.19. The van der Waals surface area contributed by atoms with Gasteiger partial charge in [-0.2, -0.15) is 0 Å². The largest absolute Gasteiger partial charge is 0.349 e. The summed E-state index contributed by atoms with van der Waals surface area (Å²) < 4.78 is 0. The molecule has 1 aromatic heterocycles. The Bertz CT molecular complexity index is 608. The third-order valence-corrected chi connectivity index (χ3v) is 4.14. The minimum atomic E-state index is -0.373. The lowest BCUT2D eigenvalue weighted by Gasteiger charge is -2.27. The van der Waals surface area contributed by atoms with Crippen LogP contribution in [0.4, 0.5) is 0 Å². The molecule has 0 aromatic carbocycles. The van der Waals surface area contributed by atoms with Crippen LogP contribution in [0.15, 0.2) is 4.79 Å². The van der Waals surface area contributed by atoms with Crippen molar-refractivity contribution >= 4 is 5.91 Å². The molecule has 6 nitrogen and oxygen atoms in total. The molecule has 0 spiro atoms. The van der Waals surface area contributed by atoms with Gasteiger partial charge in [0.15, 0.2) is 0 Å². The first kappa shape index (κ1) is 16.7. The summed E-state index contributed by atoms with van der Waals surface area (Å²) in [7, 11) is 0. The summed E-state index contributed by atoms with van der Waals surface area (Å²) >= 11 is 0. The van der Waals surface area contributed by atoms with Gasteiger partial charge in [-0.3, -0.25) is 9.59 Å². The van der Waals surface area contributed by atoms with E-state index < -0.39 is 0 Å². The van der Waals surface area contributed by atoms with Gasteiger partial charge in [0.1, 0.15) is 11.4 Å². The van der Waals surface area contributed by atoms with Crippen LogP contribution in [0.5, 0.6) is 0 Å². The van der Waals surface area contributed by atoms with Gasteiger partial charge >= 0.3 is 0 Å². The van der Waals surface area contributed by atoms with Crippen molar-refractivity contribution in [2.24, 2.45) is 5.73 Å². The zero-order valence-electron chi connectivity index (χ0n) is 13.8. The standard InChI is InChI=1S/C16H26N4O2/c1-9-12(14(22)20-15(18-9)16(2,3)4)13(21)19-11-7-5-10(17)6-8-11/h10-11H,5-8,17H2,1-4H3,(H,19,21)(H,18,20,22). The second-order valence-corrected chi connectivity index (χ2v) is 7.21. The van der Waals surface area contributed by atoms with Crippen molar-refractivity contribution in [2.45, 2.75) is 70.9 Å². The predicted octanol–water partition coefficient (Wildman–Crippen LogP) is 1.38. The number of hydrogen-bond donors (Lipinski definition) is 3. The van der Waals surface area contributed by atoms with Crippen molar-refractivity contribution in [3.05, 3.63) is 27.4 Å². The first-order valence-electron chi connectivity index (χ1n) is 7.86. The summed E-state index contributed by atoms with van der Waals surface area (Å²) in [6, 6.07) is 0.319. The van der Waals surface area contributed by atoms with Gasteiger partial charge in [0.2, 0.25) is 0 Å². The second kappa shape index (κ2) is 6.20. The number of aromatic nitrogens is 2. The molecule has 1 heterocycles. The molecule has 1 aromatic rings.